The molecule has 134 valence electrons. The molecule has 2 atom stereocenters. The van der Waals surface area contributed by atoms with Gasteiger partial charge in [-0.1, -0.05) is 30.3 Å². The predicted octanol–water partition coefficient (Wildman–Crippen LogP) is 3.44. The molecule has 0 amide bonds. The number of β-amino-alcohol motifs (C(OH)–C–C–N with tert-alkyl or cyclic N) is 1. The molecule has 2 aromatic rings. The topological polar surface area (TPSA) is 32.7 Å². The number of benzene rings is 2. The van der Waals surface area contributed by atoms with E-state index in [1.54, 1.807) is 12.1 Å². The summed E-state index contributed by atoms with van der Waals surface area (Å²) in [6.07, 6.45) is 3.12. The van der Waals surface area contributed by atoms with Crippen LogP contribution in [0.3, 0.4) is 0 Å². The van der Waals surface area contributed by atoms with Crippen LogP contribution in [-0.4, -0.2) is 42.4 Å². The third-order valence-corrected chi connectivity index (χ3v) is 4.92. The molecule has 2 unspecified atom stereocenters. The number of aliphatic hydroxyl groups is 1. The SMILES string of the molecule is CN1CC(O)CC1CCOc1ccccc1CCc1cccc(F)c1. The zero-order chi connectivity index (χ0) is 17.6. The number of rotatable bonds is 7. The summed E-state index contributed by atoms with van der Waals surface area (Å²) in [5.41, 5.74) is 2.14. The van der Waals surface area contributed by atoms with Gasteiger partial charge in [-0.2, -0.15) is 0 Å². The van der Waals surface area contributed by atoms with Gasteiger partial charge in [-0.15, -0.1) is 0 Å². The van der Waals surface area contributed by atoms with Gasteiger partial charge >= 0.3 is 0 Å². The van der Waals surface area contributed by atoms with Gasteiger partial charge in [-0.25, -0.2) is 4.39 Å². The van der Waals surface area contributed by atoms with Gasteiger partial charge in [-0.3, -0.25) is 0 Å². The van der Waals surface area contributed by atoms with E-state index in [1.165, 1.54) is 6.07 Å². The Balaban J connectivity index is 1.54. The number of likely N-dealkylation sites (tertiary alicyclic amines) is 1. The highest BCUT2D eigenvalue weighted by atomic mass is 19.1. The van der Waals surface area contributed by atoms with Crippen LogP contribution in [0.2, 0.25) is 0 Å². The van der Waals surface area contributed by atoms with Gasteiger partial charge in [-0.05, 0) is 62.1 Å². The van der Waals surface area contributed by atoms with Crippen molar-refractivity contribution in [2.24, 2.45) is 0 Å². The fraction of sp³-hybridized carbons (Fsp3) is 0.429. The first kappa shape index (κ1) is 17.9. The zero-order valence-corrected chi connectivity index (χ0v) is 14.7. The summed E-state index contributed by atoms with van der Waals surface area (Å²) >= 11 is 0. The van der Waals surface area contributed by atoms with Crippen LogP contribution in [0.4, 0.5) is 4.39 Å². The first-order valence-electron chi connectivity index (χ1n) is 8.95. The van der Waals surface area contributed by atoms with Crippen LogP contribution in [0.25, 0.3) is 0 Å². The van der Waals surface area contributed by atoms with Crippen LogP contribution < -0.4 is 4.74 Å². The van der Waals surface area contributed by atoms with Gasteiger partial charge in [0, 0.05) is 12.6 Å². The van der Waals surface area contributed by atoms with Crippen molar-refractivity contribution < 1.29 is 14.2 Å². The molecule has 1 N–H and O–H groups in total. The fourth-order valence-electron chi connectivity index (χ4n) is 3.52. The van der Waals surface area contributed by atoms with Gasteiger partial charge in [0.05, 0.1) is 12.7 Å². The molecule has 1 aliphatic heterocycles. The van der Waals surface area contributed by atoms with Crippen molar-refractivity contribution in [1.29, 1.82) is 0 Å². The molecule has 0 aliphatic carbocycles. The second kappa shape index (κ2) is 8.45. The second-order valence-corrected chi connectivity index (χ2v) is 6.86. The number of nitrogens with zero attached hydrogens (tertiary/aromatic N) is 1. The lowest BCUT2D eigenvalue weighted by atomic mass is 10.0. The molecule has 0 radical (unpaired) electrons. The van der Waals surface area contributed by atoms with Gasteiger partial charge in [0.25, 0.3) is 0 Å². The van der Waals surface area contributed by atoms with E-state index in [0.717, 1.165) is 49.1 Å². The lowest BCUT2D eigenvalue weighted by Crippen LogP contribution is -2.26. The predicted molar refractivity (Wildman–Crippen MR) is 97.4 cm³/mol. The molecule has 1 heterocycles. The van der Waals surface area contributed by atoms with E-state index in [2.05, 4.69) is 11.0 Å². The lowest BCUT2D eigenvalue weighted by molar-refractivity contribution is 0.182. The van der Waals surface area contributed by atoms with E-state index in [1.807, 2.05) is 31.3 Å². The summed E-state index contributed by atoms with van der Waals surface area (Å²) in [6.45, 7) is 1.38. The molecule has 2 aromatic carbocycles. The number of hydrogen-bond donors (Lipinski definition) is 1. The van der Waals surface area contributed by atoms with Crippen LogP contribution in [-0.2, 0) is 12.8 Å². The number of aliphatic hydroxyl groups excluding tert-OH is 1. The van der Waals surface area contributed by atoms with Crippen LogP contribution >= 0.6 is 0 Å². The average Bonchev–Trinajstić information content (AvgIpc) is 2.91. The quantitative estimate of drug-likeness (QED) is 0.836. The molecule has 1 fully saturated rings. The summed E-state index contributed by atoms with van der Waals surface area (Å²) in [6, 6.07) is 15.2. The number of para-hydroxylation sites is 1. The summed E-state index contributed by atoms with van der Waals surface area (Å²) in [7, 11) is 2.05. The molecular weight excluding hydrogens is 317 g/mol. The molecule has 0 saturated carbocycles. The minimum atomic E-state index is -0.214. The first-order valence-corrected chi connectivity index (χ1v) is 8.95. The number of halogens is 1. The van der Waals surface area contributed by atoms with E-state index in [4.69, 9.17) is 4.74 Å². The summed E-state index contributed by atoms with van der Waals surface area (Å²) in [4.78, 5) is 2.20. The maximum atomic E-state index is 13.3. The Morgan fingerprint density at radius 1 is 1.16 bits per heavy atom. The zero-order valence-electron chi connectivity index (χ0n) is 14.7. The number of ether oxygens (including phenoxy) is 1. The minimum Gasteiger partial charge on any atom is -0.493 e. The van der Waals surface area contributed by atoms with Crippen molar-refractivity contribution >= 4 is 0 Å². The Labute approximate surface area is 149 Å². The molecule has 1 aliphatic rings. The van der Waals surface area contributed by atoms with Gasteiger partial charge < -0.3 is 14.7 Å². The Morgan fingerprint density at radius 3 is 2.76 bits per heavy atom. The van der Waals surface area contributed by atoms with Crippen molar-refractivity contribution in [3.63, 3.8) is 0 Å². The maximum absolute atomic E-state index is 13.3. The highest BCUT2D eigenvalue weighted by molar-refractivity contribution is 5.34. The normalized spacial score (nSPS) is 20.8. The van der Waals surface area contributed by atoms with E-state index in [-0.39, 0.29) is 11.9 Å². The average molecular weight is 343 g/mol. The fourth-order valence-corrected chi connectivity index (χ4v) is 3.52. The van der Waals surface area contributed by atoms with Crippen LogP contribution in [0.15, 0.2) is 48.5 Å². The van der Waals surface area contributed by atoms with E-state index in [0.29, 0.717) is 12.6 Å². The Hall–Kier alpha value is -1.91. The van der Waals surface area contributed by atoms with Crippen LogP contribution in [0.1, 0.15) is 24.0 Å². The van der Waals surface area contributed by atoms with Crippen molar-refractivity contribution in [1.82, 2.24) is 4.90 Å². The molecule has 0 spiro atoms. The molecule has 4 heteroatoms. The monoisotopic (exact) mass is 343 g/mol. The molecule has 0 aromatic heterocycles. The van der Waals surface area contributed by atoms with Gasteiger partial charge in [0.15, 0.2) is 0 Å². The molecule has 1 saturated heterocycles. The summed E-state index contributed by atoms with van der Waals surface area (Å²) in [5.74, 6) is 0.713. The molecule has 25 heavy (non-hydrogen) atoms. The second-order valence-electron chi connectivity index (χ2n) is 6.86. The van der Waals surface area contributed by atoms with E-state index >= 15 is 0 Å². The van der Waals surface area contributed by atoms with Crippen LogP contribution in [0.5, 0.6) is 5.75 Å². The number of likely N-dealkylation sites (N-methyl/N-ethyl adjacent to an activating group) is 1. The smallest absolute Gasteiger partial charge is 0.123 e. The highest BCUT2D eigenvalue weighted by Gasteiger charge is 2.27. The summed E-state index contributed by atoms with van der Waals surface area (Å²) < 4.78 is 19.3. The Bertz CT molecular complexity index is 691. The van der Waals surface area contributed by atoms with Gasteiger partial charge in [0.1, 0.15) is 11.6 Å². The minimum absolute atomic E-state index is 0.190. The largest absolute Gasteiger partial charge is 0.493 e. The first-order chi connectivity index (χ1) is 12.1. The van der Waals surface area contributed by atoms with Crippen LogP contribution in [0, 0.1) is 5.82 Å². The Kier molecular flexibility index (Phi) is 6.05. The molecule has 3 rings (SSSR count). The molecule has 0 bridgehead atoms. The summed E-state index contributed by atoms with van der Waals surface area (Å²) in [5, 5.41) is 9.72. The third kappa shape index (κ3) is 5.03. The molecular formula is C21H26FNO2. The maximum Gasteiger partial charge on any atom is 0.123 e. The standard InChI is InChI=1S/C21H26FNO2/c1-23-15-20(24)14-19(23)11-12-25-21-8-3-2-6-17(21)10-9-16-5-4-7-18(22)13-16/h2-8,13,19-20,24H,9-12,14-15H2,1H3. The third-order valence-electron chi connectivity index (χ3n) is 4.92. The van der Waals surface area contributed by atoms with Crippen molar-refractivity contribution in [2.45, 2.75) is 37.8 Å². The number of aryl methyl sites for hydroxylation is 2. The molecule has 3 nitrogen and oxygen atoms in total. The highest BCUT2D eigenvalue weighted by Crippen LogP contribution is 2.23. The van der Waals surface area contributed by atoms with Crippen molar-refractivity contribution in [3.05, 3.63) is 65.5 Å². The van der Waals surface area contributed by atoms with Crippen molar-refractivity contribution in [3.8, 4) is 5.75 Å². The van der Waals surface area contributed by atoms with E-state index < -0.39 is 0 Å². The van der Waals surface area contributed by atoms with Crippen molar-refractivity contribution in [2.75, 3.05) is 20.2 Å². The Morgan fingerprint density at radius 2 is 2.00 bits per heavy atom. The van der Waals surface area contributed by atoms with E-state index in [9.17, 15) is 9.50 Å². The lowest BCUT2D eigenvalue weighted by Gasteiger charge is -2.19. The van der Waals surface area contributed by atoms with Gasteiger partial charge in [0.2, 0.25) is 0 Å². The number of hydrogen-bond acceptors (Lipinski definition) is 3.